The van der Waals surface area contributed by atoms with Gasteiger partial charge in [-0.05, 0) is 131 Å². The van der Waals surface area contributed by atoms with E-state index in [1.165, 1.54) is 47.1 Å². The molecular formula is C59H136O3Si3. The molecule has 65 heavy (non-hydrogen) atoms. The molecule has 0 aliphatic rings. The first-order valence-corrected chi connectivity index (χ1v) is 30.3. The molecule has 402 valence electrons. The third kappa shape index (κ3) is 64.3. The van der Waals surface area contributed by atoms with Crippen LogP contribution in [-0.2, 0) is 18.7 Å². The Morgan fingerprint density at radius 3 is 0.769 bits per heavy atom. The van der Waals surface area contributed by atoms with E-state index in [0.717, 1.165) is 0 Å². The lowest BCUT2D eigenvalue weighted by Gasteiger charge is -2.20. The van der Waals surface area contributed by atoms with Crippen LogP contribution in [0.25, 0.3) is 0 Å². The van der Waals surface area contributed by atoms with Crippen LogP contribution in [0, 0.1) is 6.92 Å². The maximum absolute atomic E-state index is 5.08. The Labute approximate surface area is 423 Å². The highest BCUT2D eigenvalue weighted by molar-refractivity contribution is 6.70. The van der Waals surface area contributed by atoms with Crippen molar-refractivity contribution in [3.05, 3.63) is 107 Å². The molecule has 0 aromatic heterocycles. The van der Waals surface area contributed by atoms with Gasteiger partial charge >= 0.3 is 0 Å². The monoisotopic (exact) mass is 977 g/mol. The average Bonchev–Trinajstić information content (AvgIpc) is 3.11. The highest BCUT2D eigenvalue weighted by atomic mass is 28.4. The highest BCUT2D eigenvalue weighted by Gasteiger charge is 2.14. The van der Waals surface area contributed by atoms with Gasteiger partial charge in [0.25, 0.3) is 0 Å². The van der Waals surface area contributed by atoms with Crippen LogP contribution in [0.1, 0.15) is 216 Å². The minimum Gasteiger partial charge on any atom is -0.421 e. The Balaban J connectivity index is -0.0000000352. The van der Waals surface area contributed by atoms with Crippen molar-refractivity contribution in [2.24, 2.45) is 0 Å². The van der Waals surface area contributed by atoms with E-state index in [1.807, 2.05) is 0 Å². The van der Waals surface area contributed by atoms with E-state index in [1.54, 1.807) is 21.3 Å². The summed E-state index contributed by atoms with van der Waals surface area (Å²) in [5.41, 5.74) is 7.40. The van der Waals surface area contributed by atoms with Crippen molar-refractivity contribution in [1.82, 2.24) is 0 Å². The molecule has 3 unspecified atom stereocenters. The van der Waals surface area contributed by atoms with Crippen molar-refractivity contribution in [2.45, 2.75) is 260 Å². The summed E-state index contributed by atoms with van der Waals surface area (Å²) in [6, 6.07) is 28.5. The number of hydrogen-bond acceptors (Lipinski definition) is 3. The Morgan fingerprint density at radius 1 is 0.385 bits per heavy atom. The Bertz CT molecular complexity index is 1220. The summed E-state index contributed by atoms with van der Waals surface area (Å²) in [6.45, 7) is 41.8. The first kappa shape index (κ1) is 105. The highest BCUT2D eigenvalue weighted by Crippen LogP contribution is 2.25. The Kier molecular flexibility index (Phi) is 88.7. The van der Waals surface area contributed by atoms with Gasteiger partial charge in [0.15, 0.2) is 25.0 Å². The molecule has 0 spiro atoms. The summed E-state index contributed by atoms with van der Waals surface area (Å²) in [7, 11) is 1.92. The second-order valence-electron chi connectivity index (χ2n) is 18.1. The van der Waals surface area contributed by atoms with Gasteiger partial charge in [0.1, 0.15) is 0 Å². The quantitative estimate of drug-likeness (QED) is 0.200. The van der Waals surface area contributed by atoms with E-state index < -0.39 is 25.0 Å². The molecule has 0 N–H and O–H groups in total. The van der Waals surface area contributed by atoms with E-state index in [0.29, 0.717) is 17.8 Å². The lowest BCUT2D eigenvalue weighted by Crippen LogP contribution is -2.22. The maximum Gasteiger partial charge on any atom is 0.183 e. The van der Waals surface area contributed by atoms with Gasteiger partial charge < -0.3 is 13.3 Å². The Morgan fingerprint density at radius 2 is 0.585 bits per heavy atom. The summed E-state index contributed by atoms with van der Waals surface area (Å²) < 4.78 is 15.2. The fourth-order valence-corrected chi connectivity index (χ4v) is 3.70. The van der Waals surface area contributed by atoms with Crippen LogP contribution >= 0.6 is 0 Å². The van der Waals surface area contributed by atoms with Gasteiger partial charge in [0.2, 0.25) is 0 Å². The molecule has 0 amide bonds. The lowest BCUT2D eigenvalue weighted by atomic mass is 9.85. The molecule has 0 bridgehead atoms. The second kappa shape index (κ2) is 54.8. The zero-order valence-corrected chi connectivity index (χ0v) is 42.1. The fourth-order valence-electron chi connectivity index (χ4n) is 3.70. The van der Waals surface area contributed by atoms with Crippen molar-refractivity contribution in [3.8, 4) is 0 Å². The molecule has 3 atom stereocenters. The molecule has 0 fully saturated rings. The average molecular weight is 978 g/mol. The Hall–Kier alpha value is -1.81. The lowest BCUT2D eigenvalue weighted by molar-refractivity contribution is 0.410. The van der Waals surface area contributed by atoms with Gasteiger partial charge in [-0.15, -0.1) is 0 Å². The van der Waals surface area contributed by atoms with E-state index in [2.05, 4.69) is 207 Å². The molecule has 3 rings (SSSR count). The first-order chi connectivity index (χ1) is 24.2. The molecular weight excluding hydrogens is 841 g/mol. The third-order valence-electron chi connectivity index (χ3n) is 9.03. The summed E-state index contributed by atoms with van der Waals surface area (Å²) in [6.07, 6.45) is 3.67. The number of aryl methyl sites for hydroxylation is 1. The van der Waals surface area contributed by atoms with E-state index in [9.17, 15) is 0 Å². The topological polar surface area (TPSA) is 27.7 Å². The molecule has 0 heterocycles. The van der Waals surface area contributed by atoms with Crippen molar-refractivity contribution in [3.63, 3.8) is 0 Å². The van der Waals surface area contributed by atoms with Crippen molar-refractivity contribution < 1.29 is 13.3 Å². The van der Waals surface area contributed by atoms with E-state index in [4.69, 9.17) is 13.3 Å². The molecule has 3 nitrogen and oxygen atoms in total. The van der Waals surface area contributed by atoms with Crippen molar-refractivity contribution in [2.75, 3.05) is 21.3 Å². The van der Waals surface area contributed by atoms with Crippen LogP contribution in [0.5, 0.6) is 0 Å². The van der Waals surface area contributed by atoms with E-state index >= 15 is 0 Å². The molecule has 0 radical (unpaired) electrons. The van der Waals surface area contributed by atoms with Crippen molar-refractivity contribution >= 4 is 25.0 Å². The minimum atomic E-state index is -1.13. The number of hydrogen-bond donors (Lipinski definition) is 0. The van der Waals surface area contributed by atoms with Gasteiger partial charge in [0, 0.05) is 21.3 Å². The van der Waals surface area contributed by atoms with Crippen LogP contribution in [0.2, 0.25) is 58.9 Å². The maximum atomic E-state index is 5.08. The summed E-state index contributed by atoms with van der Waals surface area (Å²) >= 11 is 0. The number of rotatable bonds is 9. The molecule has 0 saturated carbocycles. The van der Waals surface area contributed by atoms with Crippen LogP contribution in [0.4, 0.5) is 0 Å². The van der Waals surface area contributed by atoms with Gasteiger partial charge in [-0.25, -0.2) is 0 Å². The first-order valence-electron chi connectivity index (χ1n) is 20.1. The van der Waals surface area contributed by atoms with Gasteiger partial charge in [0.05, 0.1) is 0 Å². The van der Waals surface area contributed by atoms with Crippen LogP contribution in [0.3, 0.4) is 0 Å². The zero-order valence-electron chi connectivity index (χ0n) is 39.1. The third-order valence-corrected chi connectivity index (χ3v) is 12.7. The molecule has 0 aliphatic carbocycles. The minimum absolute atomic E-state index is 0. The smallest absolute Gasteiger partial charge is 0.183 e. The molecule has 3 aromatic carbocycles. The molecule has 0 aliphatic heterocycles. The normalized spacial score (nSPS) is 10.6. The number of benzene rings is 3. The summed E-state index contributed by atoms with van der Waals surface area (Å²) in [5, 5.41) is 0. The van der Waals surface area contributed by atoms with Crippen LogP contribution in [-0.4, -0.2) is 46.3 Å². The summed E-state index contributed by atoms with van der Waals surface area (Å²) in [5.74, 6) is 2.10. The van der Waals surface area contributed by atoms with Crippen LogP contribution < -0.4 is 0 Å². The second-order valence-corrected chi connectivity index (χ2v) is 32.0. The largest absolute Gasteiger partial charge is 0.421 e. The predicted molar refractivity (Wildman–Crippen MR) is 331 cm³/mol. The molecule has 3 aromatic rings. The molecule has 0 saturated heterocycles. The predicted octanol–water partition coefficient (Wildman–Crippen LogP) is 23.2. The van der Waals surface area contributed by atoms with Gasteiger partial charge in [-0.2, -0.15) is 0 Å². The SMILES string of the molecule is C.C.C.C.C.C.C.C.C.C.C.C.CCC(C)c1ccc(C(C)(C)C)cc1.CCC(C)c1ccc(C)cc1.CCC(C)c1ccccc1.CO[Si](C)(C)C.CO[Si](C)(C)C.CO[Si](C)(C)C. The standard InChI is InChI=1S/C14H22.C11H16.C10H14.3C4H12OSi.12CH4/c1-6-11(2)12-7-9-13(10-8-12)14(3,4)5;1-4-10(3)11-7-5-9(2)6-8-11;1-3-9(2)10-7-5-4-6-8-10;3*1-5-6(2,3)4;;;;;;;;;;;;/h7-11H,6H2,1-5H3;5-8,10H,4H2,1-3H3;4-9H,3H2,1-2H3;3*1-4H3;12*1H4. The zero-order chi connectivity index (χ0) is 42.1. The van der Waals surface area contributed by atoms with Crippen LogP contribution in [0.15, 0.2) is 78.9 Å². The van der Waals surface area contributed by atoms with Gasteiger partial charge in [-0.1, -0.05) is 236 Å². The summed E-state index contributed by atoms with van der Waals surface area (Å²) in [4.78, 5) is 0. The molecule has 6 heteroatoms. The fraction of sp³-hybridized carbons (Fsp3) is 0.695. The van der Waals surface area contributed by atoms with E-state index in [-0.39, 0.29) is 94.5 Å². The van der Waals surface area contributed by atoms with Crippen molar-refractivity contribution in [1.29, 1.82) is 0 Å². The van der Waals surface area contributed by atoms with Gasteiger partial charge in [-0.3, -0.25) is 0 Å².